The van der Waals surface area contributed by atoms with Crippen molar-refractivity contribution in [2.75, 3.05) is 37.3 Å². The lowest BCUT2D eigenvalue weighted by molar-refractivity contribution is -0.393. The Balaban J connectivity index is 2.27. The van der Waals surface area contributed by atoms with Crippen molar-refractivity contribution in [3.8, 4) is 0 Å². The molecule has 1 fully saturated rings. The van der Waals surface area contributed by atoms with Gasteiger partial charge < -0.3 is 4.90 Å². The maximum atomic E-state index is 11.4. The lowest BCUT2D eigenvalue weighted by Crippen LogP contribution is -2.48. The summed E-state index contributed by atoms with van der Waals surface area (Å²) in [6.45, 7) is 0.997. The summed E-state index contributed by atoms with van der Waals surface area (Å²) >= 11 is 0. The van der Waals surface area contributed by atoms with Crippen molar-refractivity contribution < 1.29 is 18.3 Å². The maximum absolute atomic E-state index is 11.4. The molecule has 0 atom stereocenters. The Labute approximate surface area is 126 Å². The van der Waals surface area contributed by atoms with Crippen molar-refractivity contribution in [1.82, 2.24) is 4.31 Å². The number of sulfonamides is 1. The third-order valence-electron chi connectivity index (χ3n) is 3.41. The lowest BCUT2D eigenvalue weighted by atomic mass is 10.2. The molecule has 120 valence electrons. The van der Waals surface area contributed by atoms with Gasteiger partial charge in [0.1, 0.15) is 5.69 Å². The van der Waals surface area contributed by atoms with E-state index in [0.29, 0.717) is 0 Å². The SMILES string of the molecule is CS(=O)(=O)N1CCN(c2ccc([N+](=O)[O-])cc2[N+](=O)[O-])CC1. The second-order valence-electron chi connectivity index (χ2n) is 4.84. The fourth-order valence-corrected chi connectivity index (χ4v) is 3.13. The summed E-state index contributed by atoms with van der Waals surface area (Å²) in [6, 6.07) is 3.44. The van der Waals surface area contributed by atoms with Gasteiger partial charge in [0.25, 0.3) is 11.4 Å². The van der Waals surface area contributed by atoms with E-state index in [0.717, 1.165) is 12.3 Å². The predicted octanol–water partition coefficient (Wildman–Crippen LogP) is 0.585. The van der Waals surface area contributed by atoms with E-state index in [4.69, 9.17) is 0 Å². The number of nitrogens with zero attached hydrogens (tertiary/aromatic N) is 4. The second kappa shape index (κ2) is 5.85. The predicted molar refractivity (Wildman–Crippen MR) is 78.4 cm³/mol. The summed E-state index contributed by atoms with van der Waals surface area (Å²) in [5, 5.41) is 21.8. The first-order valence-electron chi connectivity index (χ1n) is 6.33. The summed E-state index contributed by atoms with van der Waals surface area (Å²) in [5.41, 5.74) is -0.462. The molecule has 0 aromatic heterocycles. The van der Waals surface area contributed by atoms with Crippen molar-refractivity contribution in [1.29, 1.82) is 0 Å². The number of rotatable bonds is 4. The van der Waals surface area contributed by atoms with Gasteiger partial charge in [-0.15, -0.1) is 0 Å². The van der Waals surface area contributed by atoms with Crippen LogP contribution in [0.1, 0.15) is 0 Å². The number of benzene rings is 1. The maximum Gasteiger partial charge on any atom is 0.299 e. The summed E-state index contributed by atoms with van der Waals surface area (Å²) in [5.74, 6) is 0. The van der Waals surface area contributed by atoms with E-state index < -0.39 is 19.9 Å². The van der Waals surface area contributed by atoms with E-state index in [2.05, 4.69) is 0 Å². The van der Waals surface area contributed by atoms with Gasteiger partial charge in [0, 0.05) is 32.2 Å². The molecule has 0 radical (unpaired) electrons. The third kappa shape index (κ3) is 3.31. The highest BCUT2D eigenvalue weighted by Gasteiger charge is 2.28. The molecule has 10 nitrogen and oxygen atoms in total. The van der Waals surface area contributed by atoms with Crippen molar-refractivity contribution >= 4 is 27.1 Å². The highest BCUT2D eigenvalue weighted by atomic mass is 32.2. The molecule has 0 N–H and O–H groups in total. The van der Waals surface area contributed by atoms with E-state index in [-0.39, 0.29) is 43.2 Å². The quantitative estimate of drug-likeness (QED) is 0.583. The van der Waals surface area contributed by atoms with Gasteiger partial charge in [-0.05, 0) is 6.07 Å². The number of nitro groups is 2. The Morgan fingerprint density at radius 1 is 1.05 bits per heavy atom. The van der Waals surface area contributed by atoms with Crippen LogP contribution in [0.3, 0.4) is 0 Å². The average molecular weight is 330 g/mol. The minimum atomic E-state index is -3.29. The van der Waals surface area contributed by atoms with Gasteiger partial charge >= 0.3 is 0 Å². The molecule has 2 rings (SSSR count). The van der Waals surface area contributed by atoms with E-state index in [1.54, 1.807) is 4.90 Å². The molecule has 0 spiro atoms. The summed E-state index contributed by atoms with van der Waals surface area (Å²) < 4.78 is 24.2. The Bertz CT molecular complexity index is 711. The van der Waals surface area contributed by atoms with Crippen molar-refractivity contribution in [2.24, 2.45) is 0 Å². The molecular formula is C11H14N4O6S. The molecule has 1 saturated heterocycles. The van der Waals surface area contributed by atoms with E-state index in [1.165, 1.54) is 16.4 Å². The van der Waals surface area contributed by atoms with Gasteiger partial charge in [-0.1, -0.05) is 0 Å². The first kappa shape index (κ1) is 16.1. The van der Waals surface area contributed by atoms with Crippen molar-refractivity contribution in [3.63, 3.8) is 0 Å². The van der Waals surface area contributed by atoms with E-state index >= 15 is 0 Å². The average Bonchev–Trinajstić information content (AvgIpc) is 2.45. The van der Waals surface area contributed by atoms with Crippen LogP contribution in [-0.2, 0) is 10.0 Å². The fraction of sp³-hybridized carbons (Fsp3) is 0.455. The van der Waals surface area contributed by atoms with Gasteiger partial charge in [-0.2, -0.15) is 4.31 Å². The normalized spacial score (nSPS) is 16.5. The Hall–Kier alpha value is -2.27. The van der Waals surface area contributed by atoms with Crippen LogP contribution in [0.5, 0.6) is 0 Å². The van der Waals surface area contributed by atoms with Crippen LogP contribution in [0, 0.1) is 20.2 Å². The van der Waals surface area contributed by atoms with E-state index in [9.17, 15) is 28.6 Å². The van der Waals surface area contributed by atoms with Crippen molar-refractivity contribution in [3.05, 3.63) is 38.4 Å². The van der Waals surface area contributed by atoms with Gasteiger partial charge in [0.05, 0.1) is 22.2 Å². The number of nitro benzene ring substituents is 2. The molecule has 0 unspecified atom stereocenters. The number of anilines is 1. The van der Waals surface area contributed by atoms with Crippen LogP contribution in [0.2, 0.25) is 0 Å². The molecule has 1 heterocycles. The molecule has 0 saturated carbocycles. The standard InChI is InChI=1S/C11H14N4O6S/c1-22(20,21)13-6-4-12(5-7-13)10-3-2-9(14(16)17)8-11(10)15(18)19/h2-3,8H,4-7H2,1H3. The van der Waals surface area contributed by atoms with Gasteiger partial charge in [0.15, 0.2) is 0 Å². The van der Waals surface area contributed by atoms with Crippen molar-refractivity contribution in [2.45, 2.75) is 0 Å². The van der Waals surface area contributed by atoms with Crippen LogP contribution in [0.25, 0.3) is 0 Å². The van der Waals surface area contributed by atoms with Crippen LogP contribution in [0.4, 0.5) is 17.1 Å². The molecule has 0 aliphatic carbocycles. The second-order valence-corrected chi connectivity index (χ2v) is 6.82. The zero-order valence-corrected chi connectivity index (χ0v) is 12.5. The monoisotopic (exact) mass is 330 g/mol. The highest BCUT2D eigenvalue weighted by Crippen LogP contribution is 2.32. The molecule has 1 aromatic rings. The molecule has 1 aliphatic heterocycles. The molecule has 1 aromatic carbocycles. The Morgan fingerprint density at radius 3 is 2.09 bits per heavy atom. The minimum absolute atomic E-state index is 0.215. The molecular weight excluding hydrogens is 316 g/mol. The highest BCUT2D eigenvalue weighted by molar-refractivity contribution is 7.88. The number of hydrogen-bond donors (Lipinski definition) is 0. The zero-order chi connectivity index (χ0) is 16.5. The van der Waals surface area contributed by atoms with Crippen LogP contribution >= 0.6 is 0 Å². The first-order chi connectivity index (χ1) is 10.2. The number of piperazine rings is 1. The van der Waals surface area contributed by atoms with Gasteiger partial charge in [-0.25, -0.2) is 8.42 Å². The number of non-ortho nitro benzene ring substituents is 1. The van der Waals surface area contributed by atoms with E-state index in [1.807, 2.05) is 0 Å². The largest absolute Gasteiger partial charge is 0.363 e. The molecule has 22 heavy (non-hydrogen) atoms. The summed E-state index contributed by atoms with van der Waals surface area (Å²) in [7, 11) is -3.29. The Morgan fingerprint density at radius 2 is 1.64 bits per heavy atom. The van der Waals surface area contributed by atoms with Crippen LogP contribution in [0.15, 0.2) is 18.2 Å². The minimum Gasteiger partial charge on any atom is -0.363 e. The lowest BCUT2D eigenvalue weighted by Gasteiger charge is -2.34. The Kier molecular flexibility index (Phi) is 4.28. The molecule has 0 bridgehead atoms. The topological polar surface area (TPSA) is 127 Å². The van der Waals surface area contributed by atoms with Gasteiger partial charge in [-0.3, -0.25) is 20.2 Å². The summed E-state index contributed by atoms with van der Waals surface area (Å²) in [6.07, 6.45) is 1.11. The first-order valence-corrected chi connectivity index (χ1v) is 8.18. The van der Waals surface area contributed by atoms with Gasteiger partial charge in [0.2, 0.25) is 10.0 Å². The number of hydrogen-bond acceptors (Lipinski definition) is 7. The fourth-order valence-electron chi connectivity index (χ4n) is 2.30. The molecule has 1 aliphatic rings. The molecule has 11 heteroatoms. The third-order valence-corrected chi connectivity index (χ3v) is 4.72. The van der Waals surface area contributed by atoms with Crippen LogP contribution < -0.4 is 4.90 Å². The summed E-state index contributed by atoms with van der Waals surface area (Å²) in [4.78, 5) is 22.1. The zero-order valence-electron chi connectivity index (χ0n) is 11.7. The smallest absolute Gasteiger partial charge is 0.299 e. The molecule has 0 amide bonds. The van der Waals surface area contributed by atoms with Crippen LogP contribution in [-0.4, -0.2) is 55.0 Å².